The second kappa shape index (κ2) is 9.86. The lowest BCUT2D eigenvalue weighted by atomic mass is 10.1. The number of nitrogens with zero attached hydrogens (tertiary/aromatic N) is 3. The number of hydrogen-bond donors (Lipinski definition) is 3. The molecule has 6 rings (SSSR count). The highest BCUT2D eigenvalue weighted by Gasteiger charge is 2.26. The maximum Gasteiger partial charge on any atom is 0.333 e. The summed E-state index contributed by atoms with van der Waals surface area (Å²) in [6.45, 7) is 0.107. The van der Waals surface area contributed by atoms with Crippen molar-refractivity contribution in [3.63, 3.8) is 0 Å². The Labute approximate surface area is 207 Å². The molecule has 1 aliphatic rings. The smallest absolute Gasteiger partial charge is 0.333 e. The third-order valence-corrected chi connectivity index (χ3v) is 6.86. The van der Waals surface area contributed by atoms with Crippen molar-refractivity contribution in [2.24, 2.45) is 11.1 Å². The second-order valence-corrected chi connectivity index (χ2v) is 9.93. The van der Waals surface area contributed by atoms with E-state index in [-0.39, 0.29) is 18.6 Å². The first-order chi connectivity index (χ1) is 17.4. The average molecular weight is 510 g/mol. The van der Waals surface area contributed by atoms with Gasteiger partial charge < -0.3 is 14.8 Å². The predicted octanol–water partition coefficient (Wildman–Crippen LogP) is 3.70. The van der Waals surface area contributed by atoms with Gasteiger partial charge in [0.2, 0.25) is 0 Å². The van der Waals surface area contributed by atoms with Crippen LogP contribution < -0.4 is 10.5 Å². The van der Waals surface area contributed by atoms with Crippen LogP contribution in [0.15, 0.2) is 65.2 Å². The summed E-state index contributed by atoms with van der Waals surface area (Å²) in [7, 11) is -2.92. The summed E-state index contributed by atoms with van der Waals surface area (Å²) in [5.74, 6) is 0.957. The van der Waals surface area contributed by atoms with Gasteiger partial charge in [-0.2, -0.15) is 18.0 Å². The molecule has 2 atom stereocenters. The fourth-order valence-corrected chi connectivity index (χ4v) is 5.22. The van der Waals surface area contributed by atoms with Crippen LogP contribution in [0.5, 0.6) is 0 Å². The molecule has 36 heavy (non-hydrogen) atoms. The highest BCUT2D eigenvalue weighted by Crippen LogP contribution is 2.36. The van der Waals surface area contributed by atoms with Crippen LogP contribution in [0.1, 0.15) is 19.3 Å². The van der Waals surface area contributed by atoms with Crippen molar-refractivity contribution < 1.29 is 22.1 Å². The van der Waals surface area contributed by atoms with Crippen molar-refractivity contribution in [3.8, 4) is 11.3 Å². The standard InChI is InChI=1S/C24H23N5O4S.CH4O/c25-34(30,31)32-14-15-8-9-16(12-15)27-22-10-11-26-23-13-20(28-29(22)23)19-6-3-5-18-17-4-1-2-7-21(17)33-24(18)19;1-2/h1-7,10-11,13,15-16,27H,8-9,12,14H2,(H2,25,30,31);2H,1H3. The van der Waals surface area contributed by atoms with Crippen LogP contribution >= 0.6 is 0 Å². The molecule has 2 aromatic carbocycles. The van der Waals surface area contributed by atoms with Crippen LogP contribution in [0.3, 0.4) is 0 Å². The van der Waals surface area contributed by atoms with Crippen LogP contribution in [-0.2, 0) is 14.5 Å². The minimum absolute atomic E-state index is 0.107. The molecule has 1 saturated carbocycles. The number of rotatable bonds is 6. The molecule has 3 aromatic heterocycles. The molecule has 0 radical (unpaired) electrons. The van der Waals surface area contributed by atoms with Crippen molar-refractivity contribution in [1.29, 1.82) is 0 Å². The molecule has 0 amide bonds. The highest BCUT2D eigenvalue weighted by molar-refractivity contribution is 7.84. The van der Waals surface area contributed by atoms with Gasteiger partial charge in [0.25, 0.3) is 0 Å². The van der Waals surface area contributed by atoms with Gasteiger partial charge in [-0.1, -0.05) is 30.3 Å². The summed E-state index contributed by atoms with van der Waals surface area (Å²) >= 11 is 0. The molecule has 5 aromatic rings. The number of fused-ring (bicyclic) bond motifs is 4. The Bertz CT molecular complexity index is 1630. The van der Waals surface area contributed by atoms with Gasteiger partial charge in [0.05, 0.1) is 12.3 Å². The largest absolute Gasteiger partial charge is 0.455 e. The number of benzene rings is 2. The lowest BCUT2D eigenvalue weighted by Gasteiger charge is -2.15. The summed E-state index contributed by atoms with van der Waals surface area (Å²) in [6.07, 6.45) is 4.29. The number of furan rings is 1. The molecule has 0 saturated heterocycles. The van der Waals surface area contributed by atoms with E-state index in [1.165, 1.54) is 0 Å². The number of aliphatic hydroxyl groups is 1. The number of nitrogens with one attached hydrogen (secondary N) is 1. The fourth-order valence-electron chi connectivity index (χ4n) is 4.84. The van der Waals surface area contributed by atoms with Crippen LogP contribution in [-0.4, -0.2) is 47.9 Å². The molecule has 1 fully saturated rings. The number of hydrogen-bond acceptors (Lipinski definition) is 8. The van der Waals surface area contributed by atoms with Crippen LogP contribution in [0.25, 0.3) is 38.8 Å². The van der Waals surface area contributed by atoms with Crippen LogP contribution in [0, 0.1) is 5.92 Å². The third-order valence-electron chi connectivity index (χ3n) is 6.40. The van der Waals surface area contributed by atoms with Crippen LogP contribution in [0.4, 0.5) is 5.82 Å². The van der Waals surface area contributed by atoms with Crippen molar-refractivity contribution >= 4 is 43.7 Å². The monoisotopic (exact) mass is 509 g/mol. The number of anilines is 1. The first-order valence-corrected chi connectivity index (χ1v) is 13.1. The zero-order valence-electron chi connectivity index (χ0n) is 19.7. The predicted molar refractivity (Wildman–Crippen MR) is 138 cm³/mol. The maximum atomic E-state index is 11.1. The van der Waals surface area contributed by atoms with Gasteiger partial charge in [-0.3, -0.25) is 4.18 Å². The summed E-state index contributed by atoms with van der Waals surface area (Å²) < 4.78 is 34.9. The Kier molecular flexibility index (Phi) is 6.63. The van der Waals surface area contributed by atoms with E-state index in [1.807, 2.05) is 42.5 Å². The van der Waals surface area contributed by atoms with E-state index in [4.69, 9.17) is 23.9 Å². The van der Waals surface area contributed by atoms with E-state index in [0.717, 1.165) is 71.0 Å². The van der Waals surface area contributed by atoms with Gasteiger partial charge in [-0.15, -0.1) is 0 Å². The Hall–Kier alpha value is -3.51. The third kappa shape index (κ3) is 4.78. The Morgan fingerprint density at radius 2 is 1.94 bits per heavy atom. The summed E-state index contributed by atoms with van der Waals surface area (Å²) in [5.41, 5.74) is 4.05. The van der Waals surface area contributed by atoms with E-state index in [0.29, 0.717) is 0 Å². The SMILES string of the molecule is CO.NS(=O)(=O)OCC1CCC(Nc2ccnc3cc(-c4cccc5c4oc4ccccc45)nn23)C1. The molecule has 4 N–H and O–H groups in total. The lowest BCUT2D eigenvalue weighted by Crippen LogP contribution is -2.21. The zero-order valence-corrected chi connectivity index (χ0v) is 20.5. The first kappa shape index (κ1) is 24.2. The molecule has 3 heterocycles. The minimum Gasteiger partial charge on any atom is -0.455 e. The molecular weight excluding hydrogens is 482 g/mol. The van der Waals surface area contributed by atoms with Crippen LogP contribution in [0.2, 0.25) is 0 Å². The molecule has 1 aliphatic carbocycles. The van der Waals surface area contributed by atoms with Gasteiger partial charge >= 0.3 is 10.3 Å². The number of nitrogens with two attached hydrogens (primary N) is 1. The molecule has 0 aliphatic heterocycles. The number of aliphatic hydroxyl groups excluding tert-OH is 1. The minimum atomic E-state index is -3.92. The topological polar surface area (TPSA) is 145 Å². The first-order valence-electron chi connectivity index (χ1n) is 11.6. The van der Waals surface area contributed by atoms with Crippen molar-refractivity contribution in [2.45, 2.75) is 25.3 Å². The Morgan fingerprint density at radius 1 is 1.14 bits per heavy atom. The summed E-state index contributed by atoms with van der Waals surface area (Å²) in [6, 6.07) is 18.1. The van der Waals surface area contributed by atoms with Crippen molar-refractivity contribution in [2.75, 3.05) is 19.0 Å². The maximum absolute atomic E-state index is 11.1. The van der Waals surface area contributed by atoms with Crippen molar-refractivity contribution in [3.05, 3.63) is 60.8 Å². The van der Waals surface area contributed by atoms with Gasteiger partial charge in [-0.05, 0) is 43.4 Å². The lowest BCUT2D eigenvalue weighted by molar-refractivity contribution is 0.256. The van der Waals surface area contributed by atoms with E-state index >= 15 is 0 Å². The van der Waals surface area contributed by atoms with Gasteiger partial charge in [0.1, 0.15) is 17.0 Å². The molecule has 0 spiro atoms. The highest BCUT2D eigenvalue weighted by atomic mass is 32.2. The second-order valence-electron chi connectivity index (χ2n) is 8.71. The van der Waals surface area contributed by atoms with Gasteiger partial charge in [0, 0.05) is 41.8 Å². The molecule has 2 unspecified atom stereocenters. The quantitative estimate of drug-likeness (QED) is 0.314. The average Bonchev–Trinajstić information content (AvgIpc) is 3.60. The summed E-state index contributed by atoms with van der Waals surface area (Å²) in [4.78, 5) is 4.49. The fraction of sp³-hybridized carbons (Fsp3) is 0.280. The number of aromatic nitrogens is 3. The molecule has 0 bridgehead atoms. The van der Waals surface area contributed by atoms with E-state index in [1.54, 1.807) is 10.7 Å². The van der Waals surface area contributed by atoms with E-state index in [2.05, 4.69) is 22.4 Å². The normalized spacial score (nSPS) is 18.0. The van der Waals surface area contributed by atoms with Gasteiger partial charge in [0.15, 0.2) is 5.65 Å². The van der Waals surface area contributed by atoms with E-state index < -0.39 is 10.3 Å². The van der Waals surface area contributed by atoms with Gasteiger partial charge in [-0.25, -0.2) is 10.1 Å². The Morgan fingerprint density at radius 3 is 2.78 bits per heavy atom. The summed E-state index contributed by atoms with van der Waals surface area (Å²) in [5, 5.41) is 22.5. The number of para-hydroxylation sites is 2. The zero-order chi connectivity index (χ0) is 25.3. The molecule has 11 heteroatoms. The molecule has 10 nitrogen and oxygen atoms in total. The van der Waals surface area contributed by atoms with E-state index in [9.17, 15) is 8.42 Å². The molecular formula is C25H27N5O5S. The Balaban J connectivity index is 0.00000130. The van der Waals surface area contributed by atoms with Crippen molar-refractivity contribution in [1.82, 2.24) is 14.6 Å². The molecule has 188 valence electrons.